The first-order valence-corrected chi connectivity index (χ1v) is 4.92. The normalized spacial score (nSPS) is 11.8. The minimum absolute atomic E-state index is 0.0167. The molecule has 1 atom stereocenters. The van der Waals surface area contributed by atoms with Gasteiger partial charge in [0, 0.05) is 18.6 Å². The van der Waals surface area contributed by atoms with E-state index in [0.717, 1.165) is 5.82 Å². The molecule has 0 aliphatic carbocycles. The van der Waals surface area contributed by atoms with Crippen LogP contribution in [0.25, 0.3) is 0 Å². The van der Waals surface area contributed by atoms with Crippen LogP contribution in [0.15, 0.2) is 30.7 Å². The molecule has 0 spiro atoms. The smallest absolute Gasteiger partial charge is 0.144 e. The Morgan fingerprint density at radius 3 is 3.00 bits per heavy atom. The van der Waals surface area contributed by atoms with Crippen molar-refractivity contribution in [3.63, 3.8) is 0 Å². The highest BCUT2D eigenvalue weighted by Gasteiger charge is 2.10. The number of nitrogens with zero attached hydrogens (tertiary/aromatic N) is 3. The lowest BCUT2D eigenvalue weighted by Gasteiger charge is -2.12. The topological polar surface area (TPSA) is 77.4 Å². The molecule has 2 aromatic heterocycles. The molecule has 0 aromatic carbocycles. The molecule has 0 aliphatic heterocycles. The van der Waals surface area contributed by atoms with Crippen LogP contribution >= 0.6 is 0 Å². The molecule has 2 heterocycles. The average molecular weight is 213 g/mol. The van der Waals surface area contributed by atoms with Crippen LogP contribution in [0.2, 0.25) is 0 Å². The molecule has 5 nitrogen and oxygen atoms in total. The molecule has 16 heavy (non-hydrogen) atoms. The standard InChI is InChI=1S/C11H11N5/c1-8(10-14-5-6-15-10)16-11-9(7-12)3-2-4-13-11/h2-6,8H,1H3,(H,13,16)(H,14,15). The van der Waals surface area contributed by atoms with Gasteiger partial charge in [-0.3, -0.25) is 0 Å². The first-order valence-electron chi connectivity index (χ1n) is 4.92. The van der Waals surface area contributed by atoms with Gasteiger partial charge < -0.3 is 10.3 Å². The van der Waals surface area contributed by atoms with Gasteiger partial charge in [0.25, 0.3) is 0 Å². The van der Waals surface area contributed by atoms with E-state index in [1.165, 1.54) is 0 Å². The molecule has 0 saturated heterocycles. The maximum atomic E-state index is 8.91. The second kappa shape index (κ2) is 4.45. The fourth-order valence-electron chi connectivity index (χ4n) is 1.40. The molecular formula is C11H11N5. The van der Waals surface area contributed by atoms with Gasteiger partial charge in [-0.25, -0.2) is 9.97 Å². The maximum Gasteiger partial charge on any atom is 0.144 e. The summed E-state index contributed by atoms with van der Waals surface area (Å²) in [6.07, 6.45) is 5.10. The first-order chi connectivity index (χ1) is 7.81. The van der Waals surface area contributed by atoms with Crippen molar-refractivity contribution in [1.82, 2.24) is 15.0 Å². The minimum Gasteiger partial charge on any atom is -0.359 e. The van der Waals surface area contributed by atoms with Gasteiger partial charge in [-0.15, -0.1) is 0 Å². The van der Waals surface area contributed by atoms with Crippen LogP contribution in [-0.2, 0) is 0 Å². The van der Waals surface area contributed by atoms with Crippen LogP contribution in [0.3, 0.4) is 0 Å². The highest BCUT2D eigenvalue weighted by atomic mass is 15.1. The van der Waals surface area contributed by atoms with Gasteiger partial charge in [0.2, 0.25) is 0 Å². The van der Waals surface area contributed by atoms with Gasteiger partial charge in [-0.05, 0) is 19.1 Å². The van der Waals surface area contributed by atoms with Gasteiger partial charge >= 0.3 is 0 Å². The van der Waals surface area contributed by atoms with E-state index in [0.29, 0.717) is 11.4 Å². The summed E-state index contributed by atoms with van der Waals surface area (Å²) in [4.78, 5) is 11.3. The third-order valence-corrected chi connectivity index (χ3v) is 2.21. The molecule has 0 bridgehead atoms. The summed E-state index contributed by atoms with van der Waals surface area (Å²) in [6.45, 7) is 1.95. The summed E-state index contributed by atoms with van der Waals surface area (Å²) in [5.41, 5.74) is 0.529. The SMILES string of the molecule is CC(Nc1ncccc1C#N)c1ncc[nH]1. The maximum absolute atomic E-state index is 8.91. The minimum atomic E-state index is -0.0167. The number of H-pyrrole nitrogens is 1. The predicted molar refractivity (Wildman–Crippen MR) is 59.6 cm³/mol. The Morgan fingerprint density at radius 2 is 2.31 bits per heavy atom. The first kappa shape index (κ1) is 10.2. The molecule has 0 saturated carbocycles. The van der Waals surface area contributed by atoms with Crippen molar-refractivity contribution in [3.8, 4) is 6.07 Å². The van der Waals surface area contributed by atoms with Gasteiger partial charge in [-0.2, -0.15) is 5.26 Å². The highest BCUT2D eigenvalue weighted by molar-refractivity contribution is 5.51. The van der Waals surface area contributed by atoms with Crippen LogP contribution in [0.4, 0.5) is 5.82 Å². The lowest BCUT2D eigenvalue weighted by molar-refractivity contribution is 0.803. The van der Waals surface area contributed by atoms with E-state index < -0.39 is 0 Å². The number of anilines is 1. The number of pyridine rings is 1. The van der Waals surface area contributed by atoms with Crippen molar-refractivity contribution < 1.29 is 0 Å². The molecule has 2 aromatic rings. The summed E-state index contributed by atoms with van der Waals surface area (Å²) >= 11 is 0. The molecule has 80 valence electrons. The Morgan fingerprint density at radius 1 is 1.44 bits per heavy atom. The molecule has 0 radical (unpaired) electrons. The molecule has 0 aliphatic rings. The molecule has 5 heteroatoms. The van der Waals surface area contributed by atoms with E-state index in [4.69, 9.17) is 5.26 Å². The fourth-order valence-corrected chi connectivity index (χ4v) is 1.40. The van der Waals surface area contributed by atoms with E-state index in [2.05, 4.69) is 26.3 Å². The van der Waals surface area contributed by atoms with Crippen molar-refractivity contribution in [1.29, 1.82) is 5.26 Å². The summed E-state index contributed by atoms with van der Waals surface area (Å²) in [5.74, 6) is 1.39. The van der Waals surface area contributed by atoms with Crippen LogP contribution in [-0.4, -0.2) is 15.0 Å². The number of hydrogen-bond acceptors (Lipinski definition) is 4. The Hall–Kier alpha value is -2.35. The van der Waals surface area contributed by atoms with Crippen molar-refractivity contribution >= 4 is 5.82 Å². The van der Waals surface area contributed by atoms with Gasteiger partial charge in [0.05, 0.1) is 11.6 Å². The second-order valence-corrected chi connectivity index (χ2v) is 3.35. The number of nitriles is 1. The van der Waals surface area contributed by atoms with Crippen LogP contribution in [0, 0.1) is 11.3 Å². The van der Waals surface area contributed by atoms with Gasteiger partial charge in [0.15, 0.2) is 0 Å². The number of rotatable bonds is 3. The summed E-state index contributed by atoms with van der Waals surface area (Å²) < 4.78 is 0. The van der Waals surface area contributed by atoms with Gasteiger partial charge in [0.1, 0.15) is 17.7 Å². The predicted octanol–water partition coefficient (Wildman–Crippen LogP) is 1.85. The molecule has 2 N–H and O–H groups in total. The zero-order valence-corrected chi connectivity index (χ0v) is 8.81. The van der Waals surface area contributed by atoms with Crippen molar-refractivity contribution in [2.75, 3.05) is 5.32 Å². The van der Waals surface area contributed by atoms with Crippen molar-refractivity contribution in [2.24, 2.45) is 0 Å². The van der Waals surface area contributed by atoms with Gasteiger partial charge in [-0.1, -0.05) is 0 Å². The molecule has 2 rings (SSSR count). The number of nitrogens with one attached hydrogen (secondary N) is 2. The lowest BCUT2D eigenvalue weighted by Crippen LogP contribution is -2.10. The summed E-state index contributed by atoms with van der Waals surface area (Å²) in [6, 6.07) is 5.54. The van der Waals surface area contributed by atoms with E-state index in [1.54, 1.807) is 30.7 Å². The summed E-state index contributed by atoms with van der Waals surface area (Å²) in [7, 11) is 0. The van der Waals surface area contributed by atoms with Crippen LogP contribution < -0.4 is 5.32 Å². The third kappa shape index (κ3) is 2.01. The Balaban J connectivity index is 2.19. The zero-order chi connectivity index (χ0) is 11.4. The lowest BCUT2D eigenvalue weighted by atomic mass is 10.2. The summed E-state index contributed by atoms with van der Waals surface area (Å²) in [5, 5.41) is 12.0. The Bertz CT molecular complexity index is 497. The van der Waals surface area contributed by atoms with E-state index in [-0.39, 0.29) is 6.04 Å². The number of imidazole rings is 1. The largest absolute Gasteiger partial charge is 0.359 e. The average Bonchev–Trinajstić information content (AvgIpc) is 2.83. The number of aromatic nitrogens is 3. The second-order valence-electron chi connectivity index (χ2n) is 3.35. The fraction of sp³-hybridized carbons (Fsp3) is 0.182. The van der Waals surface area contributed by atoms with E-state index in [1.807, 2.05) is 6.92 Å². The number of aromatic amines is 1. The Labute approximate surface area is 93.2 Å². The number of hydrogen-bond donors (Lipinski definition) is 2. The highest BCUT2D eigenvalue weighted by Crippen LogP contribution is 2.17. The van der Waals surface area contributed by atoms with Crippen molar-refractivity contribution in [3.05, 3.63) is 42.1 Å². The van der Waals surface area contributed by atoms with Crippen LogP contribution in [0.1, 0.15) is 24.4 Å². The van der Waals surface area contributed by atoms with Crippen LogP contribution in [0.5, 0.6) is 0 Å². The quantitative estimate of drug-likeness (QED) is 0.815. The van der Waals surface area contributed by atoms with E-state index >= 15 is 0 Å². The monoisotopic (exact) mass is 213 g/mol. The molecule has 0 amide bonds. The molecular weight excluding hydrogens is 202 g/mol. The molecule has 0 fully saturated rings. The third-order valence-electron chi connectivity index (χ3n) is 2.21. The molecule has 1 unspecified atom stereocenters. The van der Waals surface area contributed by atoms with Crippen molar-refractivity contribution in [2.45, 2.75) is 13.0 Å². The van der Waals surface area contributed by atoms with E-state index in [9.17, 15) is 0 Å². The zero-order valence-electron chi connectivity index (χ0n) is 8.81. The Kier molecular flexibility index (Phi) is 2.83.